The van der Waals surface area contributed by atoms with Crippen molar-refractivity contribution in [1.82, 2.24) is 14.3 Å². The van der Waals surface area contributed by atoms with Crippen LogP contribution in [0.2, 0.25) is 0 Å². The van der Waals surface area contributed by atoms with E-state index in [1.807, 2.05) is 27.4 Å². The van der Waals surface area contributed by atoms with Crippen LogP contribution < -0.4 is 5.43 Å². The van der Waals surface area contributed by atoms with E-state index in [-0.39, 0.29) is 17.0 Å². The van der Waals surface area contributed by atoms with Crippen LogP contribution in [0.1, 0.15) is 42.7 Å². The number of carbonyl (C=O) groups is 1. The Morgan fingerprint density at radius 2 is 1.97 bits per heavy atom. The summed E-state index contributed by atoms with van der Waals surface area (Å²) in [4.78, 5) is 23.9. The summed E-state index contributed by atoms with van der Waals surface area (Å²) in [6, 6.07) is 12.5. The highest BCUT2D eigenvalue weighted by atomic mass is 16.4. The van der Waals surface area contributed by atoms with Gasteiger partial charge in [0, 0.05) is 17.8 Å². The van der Waals surface area contributed by atoms with Gasteiger partial charge in [0.05, 0.1) is 41.3 Å². The Balaban J connectivity index is 1.97. The van der Waals surface area contributed by atoms with Gasteiger partial charge in [0.2, 0.25) is 0 Å². The number of rotatable bonds is 2. The number of nitriles is 1. The molecule has 1 aliphatic heterocycles. The fraction of sp³-hybridized carbons (Fsp3) is 0.273. The first-order valence-corrected chi connectivity index (χ1v) is 9.28. The molecule has 1 N–H and O–H groups in total. The average Bonchev–Trinajstić information content (AvgIpc) is 3.10. The van der Waals surface area contributed by atoms with Gasteiger partial charge in [-0.05, 0) is 17.5 Å². The van der Waals surface area contributed by atoms with Crippen LogP contribution >= 0.6 is 0 Å². The summed E-state index contributed by atoms with van der Waals surface area (Å²) in [7, 11) is 0. The standard InChI is InChI=1S/C22H20N4O3/c1-22(2,3)20-12-26-18(17-9-19(27)15(21(28)29)11-25(17)20)8-16(24-26)14-7-5-4-6-13(14)10-23/h4-9,11,20H,12H2,1-3H3,(H,28,29)/t20-/m0/s1. The number of carboxylic acids is 1. The van der Waals surface area contributed by atoms with Crippen molar-refractivity contribution in [1.29, 1.82) is 5.26 Å². The van der Waals surface area contributed by atoms with Crippen LogP contribution in [-0.4, -0.2) is 25.4 Å². The SMILES string of the molecule is CC(C)(C)[C@@H]1Cn2nc(-c3ccccc3C#N)cc2-c2cc(=O)c(C(=O)O)cn21. The molecule has 0 bridgehead atoms. The number of hydrogen-bond donors (Lipinski definition) is 1. The molecule has 29 heavy (non-hydrogen) atoms. The third kappa shape index (κ3) is 3.03. The van der Waals surface area contributed by atoms with E-state index < -0.39 is 11.4 Å². The number of aromatic carboxylic acids is 1. The largest absolute Gasteiger partial charge is 0.477 e. The van der Waals surface area contributed by atoms with Crippen molar-refractivity contribution in [2.24, 2.45) is 5.41 Å². The number of nitrogens with zero attached hydrogens (tertiary/aromatic N) is 4. The summed E-state index contributed by atoms with van der Waals surface area (Å²) in [5.41, 5.74) is 2.26. The number of fused-ring (bicyclic) bond motifs is 3. The van der Waals surface area contributed by atoms with E-state index in [9.17, 15) is 20.0 Å². The van der Waals surface area contributed by atoms with E-state index >= 15 is 0 Å². The fourth-order valence-electron chi connectivity index (χ4n) is 3.81. The van der Waals surface area contributed by atoms with Crippen LogP contribution in [0.15, 0.2) is 47.4 Å². The summed E-state index contributed by atoms with van der Waals surface area (Å²) >= 11 is 0. The molecule has 4 rings (SSSR count). The van der Waals surface area contributed by atoms with Crippen LogP contribution in [0.3, 0.4) is 0 Å². The summed E-state index contributed by atoms with van der Waals surface area (Å²) in [6.45, 7) is 6.74. The van der Waals surface area contributed by atoms with E-state index in [1.54, 1.807) is 12.1 Å². The Morgan fingerprint density at radius 3 is 2.62 bits per heavy atom. The molecule has 3 aromatic rings. The molecule has 0 saturated heterocycles. The second kappa shape index (κ2) is 6.45. The Kier molecular flexibility index (Phi) is 4.16. The van der Waals surface area contributed by atoms with Crippen molar-refractivity contribution in [2.75, 3.05) is 0 Å². The third-order valence-electron chi connectivity index (χ3n) is 5.36. The quantitative estimate of drug-likeness (QED) is 0.723. The molecule has 0 spiro atoms. The lowest BCUT2D eigenvalue weighted by atomic mass is 9.85. The zero-order valence-electron chi connectivity index (χ0n) is 16.4. The molecule has 1 atom stereocenters. The molecule has 0 aliphatic carbocycles. The highest BCUT2D eigenvalue weighted by Crippen LogP contribution is 2.40. The van der Waals surface area contributed by atoms with E-state index in [0.717, 1.165) is 11.3 Å². The second-order valence-electron chi connectivity index (χ2n) is 8.29. The summed E-state index contributed by atoms with van der Waals surface area (Å²) in [5, 5.41) is 23.5. The maximum Gasteiger partial charge on any atom is 0.341 e. The van der Waals surface area contributed by atoms with Gasteiger partial charge >= 0.3 is 5.97 Å². The van der Waals surface area contributed by atoms with Crippen LogP contribution in [0.5, 0.6) is 0 Å². The summed E-state index contributed by atoms with van der Waals surface area (Å²) in [6.07, 6.45) is 1.44. The predicted molar refractivity (Wildman–Crippen MR) is 108 cm³/mol. The molecular weight excluding hydrogens is 368 g/mol. The smallest absolute Gasteiger partial charge is 0.341 e. The molecule has 1 aliphatic rings. The normalized spacial score (nSPS) is 15.3. The monoisotopic (exact) mass is 388 g/mol. The highest BCUT2D eigenvalue weighted by Gasteiger charge is 2.34. The number of aromatic nitrogens is 3. The van der Waals surface area contributed by atoms with Crippen molar-refractivity contribution < 1.29 is 9.90 Å². The first kappa shape index (κ1) is 18.7. The molecule has 2 aromatic heterocycles. The Labute approximate surface area is 167 Å². The first-order chi connectivity index (χ1) is 13.7. The Hall–Kier alpha value is -3.66. The van der Waals surface area contributed by atoms with Gasteiger partial charge < -0.3 is 9.67 Å². The topological polar surface area (TPSA) is 101 Å². The lowest BCUT2D eigenvalue weighted by molar-refractivity contribution is 0.0693. The van der Waals surface area contributed by atoms with Gasteiger partial charge in [-0.15, -0.1) is 0 Å². The molecule has 0 saturated carbocycles. The Bertz CT molecular complexity index is 1240. The van der Waals surface area contributed by atoms with E-state index in [1.165, 1.54) is 12.3 Å². The lowest BCUT2D eigenvalue weighted by Gasteiger charge is -2.38. The first-order valence-electron chi connectivity index (χ1n) is 9.28. The van der Waals surface area contributed by atoms with Crippen molar-refractivity contribution in [3.8, 4) is 28.7 Å². The van der Waals surface area contributed by atoms with Crippen LogP contribution in [0.25, 0.3) is 22.6 Å². The van der Waals surface area contributed by atoms with Crippen molar-refractivity contribution in [3.05, 3.63) is 63.9 Å². The molecular formula is C22H20N4O3. The maximum absolute atomic E-state index is 12.4. The molecule has 1 aromatic carbocycles. The van der Waals surface area contributed by atoms with Crippen LogP contribution in [0.4, 0.5) is 0 Å². The summed E-state index contributed by atoms with van der Waals surface area (Å²) < 4.78 is 3.72. The molecule has 7 heteroatoms. The Morgan fingerprint density at radius 1 is 1.24 bits per heavy atom. The van der Waals surface area contributed by atoms with Gasteiger partial charge in [-0.3, -0.25) is 9.48 Å². The number of hydrogen-bond acceptors (Lipinski definition) is 4. The van der Waals surface area contributed by atoms with E-state index in [4.69, 9.17) is 5.10 Å². The van der Waals surface area contributed by atoms with Crippen molar-refractivity contribution >= 4 is 5.97 Å². The third-order valence-corrected chi connectivity index (χ3v) is 5.36. The van der Waals surface area contributed by atoms with Gasteiger partial charge in [-0.1, -0.05) is 39.0 Å². The van der Waals surface area contributed by atoms with Crippen LogP contribution in [-0.2, 0) is 6.54 Å². The van der Waals surface area contributed by atoms with Gasteiger partial charge in [0.25, 0.3) is 0 Å². The number of carboxylic acid groups (broad SMARTS) is 1. The summed E-state index contributed by atoms with van der Waals surface area (Å²) in [5.74, 6) is -1.24. The zero-order chi connectivity index (χ0) is 20.9. The zero-order valence-corrected chi connectivity index (χ0v) is 16.4. The number of pyridine rings is 1. The second-order valence-corrected chi connectivity index (χ2v) is 8.29. The van der Waals surface area contributed by atoms with Gasteiger partial charge in [-0.2, -0.15) is 10.4 Å². The van der Waals surface area contributed by atoms with E-state index in [2.05, 4.69) is 26.8 Å². The van der Waals surface area contributed by atoms with Crippen molar-refractivity contribution in [2.45, 2.75) is 33.4 Å². The minimum Gasteiger partial charge on any atom is -0.477 e. The lowest BCUT2D eigenvalue weighted by Crippen LogP contribution is -2.35. The molecule has 0 unspecified atom stereocenters. The van der Waals surface area contributed by atoms with Gasteiger partial charge in [0.1, 0.15) is 5.56 Å². The predicted octanol–water partition coefficient (Wildman–Crippen LogP) is 3.55. The average molecular weight is 388 g/mol. The molecule has 146 valence electrons. The fourth-order valence-corrected chi connectivity index (χ4v) is 3.81. The minimum atomic E-state index is -1.24. The van der Waals surface area contributed by atoms with E-state index in [0.29, 0.717) is 23.5 Å². The molecule has 0 amide bonds. The van der Waals surface area contributed by atoms with Crippen molar-refractivity contribution in [3.63, 3.8) is 0 Å². The number of benzene rings is 1. The highest BCUT2D eigenvalue weighted by molar-refractivity contribution is 5.87. The van der Waals surface area contributed by atoms with Gasteiger partial charge in [0.15, 0.2) is 5.43 Å². The molecule has 0 fully saturated rings. The van der Waals surface area contributed by atoms with Crippen LogP contribution in [0, 0.1) is 16.7 Å². The molecule has 7 nitrogen and oxygen atoms in total. The minimum absolute atomic E-state index is 0.0948. The van der Waals surface area contributed by atoms with Gasteiger partial charge in [-0.25, -0.2) is 4.79 Å². The molecule has 3 heterocycles. The molecule has 0 radical (unpaired) electrons. The maximum atomic E-state index is 12.4.